The van der Waals surface area contributed by atoms with Crippen LogP contribution in [-0.2, 0) is 0 Å². The fourth-order valence-corrected chi connectivity index (χ4v) is 3.11. The van der Waals surface area contributed by atoms with Crippen LogP contribution < -0.4 is 0 Å². The highest BCUT2D eigenvalue weighted by molar-refractivity contribution is 7.19. The fourth-order valence-electron chi connectivity index (χ4n) is 2.12. The van der Waals surface area contributed by atoms with E-state index in [0.717, 1.165) is 16.1 Å². The van der Waals surface area contributed by atoms with Crippen LogP contribution in [0.1, 0.15) is 10.6 Å². The molecular weight excluding hydrogens is 264 g/mol. The largest absolute Gasteiger partial charge is 0.383 e. The van der Waals surface area contributed by atoms with Gasteiger partial charge in [0.15, 0.2) is 0 Å². The summed E-state index contributed by atoms with van der Waals surface area (Å²) in [5, 5.41) is 1.06. The lowest BCUT2D eigenvalue weighted by Gasteiger charge is -2.10. The van der Waals surface area contributed by atoms with Crippen molar-refractivity contribution in [3.05, 3.63) is 71.4 Å². The Labute approximate surface area is 123 Å². The highest BCUT2D eigenvalue weighted by atomic mass is 32.1. The van der Waals surface area contributed by atoms with Crippen LogP contribution in [-0.4, -0.2) is 24.0 Å². The third-order valence-corrected chi connectivity index (χ3v) is 4.07. The molecule has 0 N–H and O–H groups in total. The van der Waals surface area contributed by atoms with E-state index in [1.54, 1.807) is 11.3 Å². The summed E-state index contributed by atoms with van der Waals surface area (Å²) in [5.74, 6) is 0. The number of fused-ring (bicyclic) bond motifs is 1. The maximum Gasteiger partial charge on any atom is 0.126 e. The van der Waals surface area contributed by atoms with E-state index in [2.05, 4.69) is 53.6 Å². The lowest BCUT2D eigenvalue weighted by atomic mass is 10.1. The summed E-state index contributed by atoms with van der Waals surface area (Å²) in [6, 6.07) is 18.7. The molecule has 0 aliphatic heterocycles. The molecule has 0 bridgehead atoms. The minimum atomic E-state index is 1.06. The first kappa shape index (κ1) is 12.9. The van der Waals surface area contributed by atoms with Gasteiger partial charge in [-0.05, 0) is 17.7 Å². The minimum Gasteiger partial charge on any atom is -0.383 e. The van der Waals surface area contributed by atoms with Gasteiger partial charge in [-0.2, -0.15) is 0 Å². The summed E-state index contributed by atoms with van der Waals surface area (Å²) in [5.41, 5.74) is 3.42. The molecule has 2 nitrogen and oxygen atoms in total. The topological polar surface area (TPSA) is 16.1 Å². The lowest BCUT2D eigenvalue weighted by molar-refractivity contribution is 0.566. The molecule has 100 valence electrons. The summed E-state index contributed by atoms with van der Waals surface area (Å²) < 4.78 is 1.23. The Balaban J connectivity index is 2.15. The molecule has 0 spiro atoms. The van der Waals surface area contributed by atoms with Crippen LogP contribution in [0.25, 0.3) is 15.8 Å². The van der Waals surface area contributed by atoms with E-state index in [-0.39, 0.29) is 0 Å². The number of para-hydroxylation sites is 1. The van der Waals surface area contributed by atoms with Crippen molar-refractivity contribution in [1.29, 1.82) is 0 Å². The molecule has 1 aromatic heterocycles. The van der Waals surface area contributed by atoms with Crippen molar-refractivity contribution in [1.82, 2.24) is 9.88 Å². The van der Waals surface area contributed by atoms with E-state index >= 15 is 0 Å². The molecule has 0 amide bonds. The molecule has 0 saturated heterocycles. The average molecular weight is 280 g/mol. The van der Waals surface area contributed by atoms with Crippen LogP contribution in [0.4, 0.5) is 0 Å². The van der Waals surface area contributed by atoms with Gasteiger partial charge in [-0.3, -0.25) is 0 Å². The normalized spacial score (nSPS) is 11.8. The van der Waals surface area contributed by atoms with Crippen LogP contribution >= 0.6 is 11.3 Å². The number of benzene rings is 2. The molecule has 1 heterocycles. The zero-order valence-electron chi connectivity index (χ0n) is 11.6. The lowest BCUT2D eigenvalue weighted by Crippen LogP contribution is -2.03. The Morgan fingerprint density at radius 2 is 1.70 bits per heavy atom. The van der Waals surface area contributed by atoms with Crippen LogP contribution in [0.3, 0.4) is 0 Å². The first-order valence-electron chi connectivity index (χ1n) is 6.53. The molecule has 0 saturated carbocycles. The Kier molecular flexibility index (Phi) is 3.52. The van der Waals surface area contributed by atoms with Gasteiger partial charge in [0.1, 0.15) is 5.01 Å². The quantitative estimate of drug-likeness (QED) is 0.713. The molecule has 0 atom stereocenters. The van der Waals surface area contributed by atoms with Crippen molar-refractivity contribution in [3.63, 3.8) is 0 Å². The monoisotopic (exact) mass is 280 g/mol. The van der Waals surface area contributed by atoms with Crippen molar-refractivity contribution in [3.8, 4) is 0 Å². The summed E-state index contributed by atoms with van der Waals surface area (Å²) >= 11 is 1.74. The van der Waals surface area contributed by atoms with Gasteiger partial charge < -0.3 is 4.90 Å². The van der Waals surface area contributed by atoms with Gasteiger partial charge >= 0.3 is 0 Å². The number of rotatable bonds is 3. The van der Waals surface area contributed by atoms with E-state index in [9.17, 15) is 0 Å². The van der Waals surface area contributed by atoms with E-state index in [1.165, 1.54) is 10.3 Å². The molecule has 20 heavy (non-hydrogen) atoms. The van der Waals surface area contributed by atoms with E-state index in [1.807, 2.05) is 26.2 Å². The number of aromatic nitrogens is 1. The second kappa shape index (κ2) is 5.47. The van der Waals surface area contributed by atoms with Crippen molar-refractivity contribution in [2.24, 2.45) is 0 Å². The van der Waals surface area contributed by atoms with E-state index < -0.39 is 0 Å². The Morgan fingerprint density at radius 3 is 2.40 bits per heavy atom. The smallest absolute Gasteiger partial charge is 0.126 e. The minimum absolute atomic E-state index is 1.06. The molecule has 0 radical (unpaired) electrons. The highest BCUT2D eigenvalue weighted by Crippen LogP contribution is 2.31. The van der Waals surface area contributed by atoms with Crippen molar-refractivity contribution >= 4 is 27.1 Å². The van der Waals surface area contributed by atoms with Gasteiger partial charge in [-0.15, -0.1) is 11.3 Å². The summed E-state index contributed by atoms with van der Waals surface area (Å²) in [6.07, 6.45) is 2.13. The van der Waals surface area contributed by atoms with Crippen molar-refractivity contribution < 1.29 is 0 Å². The third kappa shape index (κ3) is 2.58. The molecule has 2 aromatic carbocycles. The zero-order valence-corrected chi connectivity index (χ0v) is 12.4. The maximum atomic E-state index is 4.77. The van der Waals surface area contributed by atoms with Crippen molar-refractivity contribution in [2.75, 3.05) is 14.1 Å². The first-order valence-corrected chi connectivity index (χ1v) is 7.35. The van der Waals surface area contributed by atoms with Crippen LogP contribution in [0.15, 0.2) is 60.8 Å². The van der Waals surface area contributed by atoms with E-state index in [0.29, 0.717) is 0 Å². The van der Waals surface area contributed by atoms with Gasteiger partial charge in [-0.25, -0.2) is 4.98 Å². The highest BCUT2D eigenvalue weighted by Gasteiger charge is 2.11. The molecular formula is C17H16N2S. The predicted molar refractivity (Wildman–Crippen MR) is 86.8 cm³/mol. The number of hydrogen-bond donors (Lipinski definition) is 0. The molecule has 0 aliphatic rings. The summed E-state index contributed by atoms with van der Waals surface area (Å²) in [4.78, 5) is 6.83. The zero-order chi connectivity index (χ0) is 13.9. The van der Waals surface area contributed by atoms with Gasteiger partial charge in [-0.1, -0.05) is 42.5 Å². The standard InChI is InChI=1S/C17H16N2S/c1-19(2)12-14(13-8-4-3-5-9-13)17-18-15-10-6-7-11-16(15)20-17/h3-12H,1-2H3. The summed E-state index contributed by atoms with van der Waals surface area (Å²) in [6.45, 7) is 0. The van der Waals surface area contributed by atoms with Gasteiger partial charge in [0.25, 0.3) is 0 Å². The fraction of sp³-hybridized carbons (Fsp3) is 0.118. The second-order valence-corrected chi connectivity index (χ2v) is 5.89. The van der Waals surface area contributed by atoms with Gasteiger partial charge in [0.2, 0.25) is 0 Å². The average Bonchev–Trinajstić information content (AvgIpc) is 2.89. The molecule has 3 aromatic rings. The van der Waals surface area contributed by atoms with E-state index in [4.69, 9.17) is 4.98 Å². The SMILES string of the molecule is CN(C)C=C(c1ccccc1)c1nc2ccccc2s1. The maximum absolute atomic E-state index is 4.77. The van der Waals surface area contributed by atoms with Crippen LogP contribution in [0.2, 0.25) is 0 Å². The van der Waals surface area contributed by atoms with Gasteiger partial charge in [0.05, 0.1) is 10.2 Å². The first-order chi connectivity index (χ1) is 9.74. The van der Waals surface area contributed by atoms with Crippen molar-refractivity contribution in [2.45, 2.75) is 0 Å². The second-order valence-electron chi connectivity index (χ2n) is 4.86. The molecule has 3 rings (SSSR count). The molecule has 0 unspecified atom stereocenters. The van der Waals surface area contributed by atoms with Gasteiger partial charge in [0, 0.05) is 25.9 Å². The number of nitrogens with zero attached hydrogens (tertiary/aromatic N) is 2. The van der Waals surface area contributed by atoms with Crippen LogP contribution in [0, 0.1) is 0 Å². The molecule has 0 aliphatic carbocycles. The molecule has 3 heteroatoms. The number of hydrogen-bond acceptors (Lipinski definition) is 3. The molecule has 0 fully saturated rings. The Hall–Kier alpha value is -2.13. The Bertz CT molecular complexity index is 709. The Morgan fingerprint density at radius 1 is 1.00 bits per heavy atom. The number of thiazole rings is 1. The summed E-state index contributed by atoms with van der Waals surface area (Å²) in [7, 11) is 4.08. The van der Waals surface area contributed by atoms with Crippen LogP contribution in [0.5, 0.6) is 0 Å². The predicted octanol–water partition coefficient (Wildman–Crippen LogP) is 4.25. The third-order valence-electron chi connectivity index (χ3n) is 3.00.